The smallest absolute Gasteiger partial charge is 0.0272 e. The number of hydrogen-bond acceptors (Lipinski definition) is 2. The van der Waals surface area contributed by atoms with Crippen LogP contribution in [0.2, 0.25) is 0 Å². The molecule has 0 aromatic rings. The summed E-state index contributed by atoms with van der Waals surface area (Å²) < 4.78 is 0. The Balaban J connectivity index is 1.85. The van der Waals surface area contributed by atoms with Gasteiger partial charge < -0.3 is 0 Å². The molecule has 0 aromatic carbocycles. The van der Waals surface area contributed by atoms with E-state index in [1.54, 1.807) is 0 Å². The van der Waals surface area contributed by atoms with E-state index >= 15 is 0 Å². The zero-order valence-electron chi connectivity index (χ0n) is 15.8. The largest absolute Gasteiger partial charge is 0.268 e. The quantitative estimate of drug-likeness (QED) is 0.546. The predicted molar refractivity (Wildman–Crippen MR) is 96.4 cm³/mol. The lowest BCUT2D eigenvalue weighted by atomic mass is 9.71. The van der Waals surface area contributed by atoms with Crippen LogP contribution < -0.4 is 5.84 Å². The normalized spacial score (nSPS) is 33.8. The van der Waals surface area contributed by atoms with E-state index in [-0.39, 0.29) is 0 Å². The molecule has 2 aliphatic rings. The summed E-state index contributed by atoms with van der Waals surface area (Å²) in [7, 11) is 0. The fourth-order valence-electron chi connectivity index (χ4n) is 4.80. The van der Waals surface area contributed by atoms with Gasteiger partial charge in [0.15, 0.2) is 0 Å². The van der Waals surface area contributed by atoms with Crippen LogP contribution in [-0.4, -0.2) is 17.1 Å². The van der Waals surface area contributed by atoms with Crippen LogP contribution in [0.25, 0.3) is 0 Å². The molecule has 0 amide bonds. The molecule has 2 rings (SSSR count). The molecule has 0 aliphatic heterocycles. The zero-order chi connectivity index (χ0) is 16.3. The SMILES string of the molecule is CC(C)CCC1CCCC1N(N)C1CCC(C(C)(C)C)CC1. The van der Waals surface area contributed by atoms with Gasteiger partial charge in [0.1, 0.15) is 0 Å². The monoisotopic (exact) mass is 308 g/mol. The molecule has 0 saturated heterocycles. The van der Waals surface area contributed by atoms with Gasteiger partial charge in [-0.15, -0.1) is 0 Å². The van der Waals surface area contributed by atoms with Crippen LogP contribution >= 0.6 is 0 Å². The molecule has 130 valence electrons. The summed E-state index contributed by atoms with van der Waals surface area (Å²) in [5.41, 5.74) is 0.470. The number of rotatable bonds is 5. The third-order valence-corrected chi connectivity index (χ3v) is 6.46. The van der Waals surface area contributed by atoms with Crippen molar-refractivity contribution in [1.82, 2.24) is 5.01 Å². The summed E-state index contributed by atoms with van der Waals surface area (Å²) in [4.78, 5) is 0. The lowest BCUT2D eigenvalue weighted by Gasteiger charge is -2.42. The van der Waals surface area contributed by atoms with Crippen molar-refractivity contribution >= 4 is 0 Å². The van der Waals surface area contributed by atoms with Gasteiger partial charge >= 0.3 is 0 Å². The molecule has 0 bridgehead atoms. The average molecular weight is 309 g/mol. The Bertz CT molecular complexity index is 323. The Hall–Kier alpha value is -0.0800. The second kappa shape index (κ2) is 7.66. The Morgan fingerprint density at radius 3 is 2.18 bits per heavy atom. The van der Waals surface area contributed by atoms with Gasteiger partial charge in [-0.2, -0.15) is 0 Å². The van der Waals surface area contributed by atoms with Crippen LogP contribution in [0.3, 0.4) is 0 Å². The van der Waals surface area contributed by atoms with Crippen molar-refractivity contribution in [3.63, 3.8) is 0 Å². The summed E-state index contributed by atoms with van der Waals surface area (Å²) in [5, 5.41) is 2.32. The molecule has 22 heavy (non-hydrogen) atoms. The Morgan fingerprint density at radius 1 is 1.00 bits per heavy atom. The first-order chi connectivity index (χ1) is 10.3. The molecule has 2 aliphatic carbocycles. The summed E-state index contributed by atoms with van der Waals surface area (Å²) >= 11 is 0. The molecule has 2 saturated carbocycles. The van der Waals surface area contributed by atoms with Crippen molar-refractivity contribution in [2.45, 2.75) is 104 Å². The maximum absolute atomic E-state index is 6.64. The minimum absolute atomic E-state index is 0.470. The highest BCUT2D eigenvalue weighted by Crippen LogP contribution is 2.41. The molecule has 2 N–H and O–H groups in total. The molecular formula is C20H40N2. The minimum Gasteiger partial charge on any atom is -0.268 e. The van der Waals surface area contributed by atoms with Gasteiger partial charge in [0.25, 0.3) is 0 Å². The van der Waals surface area contributed by atoms with Crippen LogP contribution in [0.1, 0.15) is 92.4 Å². The van der Waals surface area contributed by atoms with Gasteiger partial charge in [0.05, 0.1) is 0 Å². The first kappa shape index (κ1) is 18.3. The Labute approximate surface area is 139 Å². The summed E-state index contributed by atoms with van der Waals surface area (Å²) in [6, 6.07) is 1.30. The highest BCUT2D eigenvalue weighted by molar-refractivity contribution is 4.89. The van der Waals surface area contributed by atoms with E-state index in [4.69, 9.17) is 5.84 Å². The molecule has 0 radical (unpaired) electrons. The van der Waals surface area contributed by atoms with Gasteiger partial charge in [0, 0.05) is 12.1 Å². The van der Waals surface area contributed by atoms with Gasteiger partial charge in [-0.3, -0.25) is 5.84 Å². The molecule has 0 spiro atoms. The van der Waals surface area contributed by atoms with E-state index in [2.05, 4.69) is 39.6 Å². The maximum Gasteiger partial charge on any atom is 0.0272 e. The fourth-order valence-corrected chi connectivity index (χ4v) is 4.80. The van der Waals surface area contributed by atoms with Gasteiger partial charge in [0.2, 0.25) is 0 Å². The molecule has 2 unspecified atom stereocenters. The second-order valence-electron chi connectivity index (χ2n) is 9.55. The van der Waals surface area contributed by atoms with Crippen molar-refractivity contribution in [3.05, 3.63) is 0 Å². The van der Waals surface area contributed by atoms with Gasteiger partial charge in [-0.05, 0) is 68.1 Å². The summed E-state index contributed by atoms with van der Waals surface area (Å²) in [6.45, 7) is 11.9. The second-order valence-corrected chi connectivity index (χ2v) is 9.55. The first-order valence-electron chi connectivity index (χ1n) is 9.82. The maximum atomic E-state index is 6.64. The highest BCUT2D eigenvalue weighted by atomic mass is 15.4. The number of hydrazine groups is 1. The van der Waals surface area contributed by atoms with Crippen molar-refractivity contribution in [2.24, 2.45) is 29.0 Å². The lowest BCUT2D eigenvalue weighted by Crippen LogP contribution is -2.51. The molecule has 0 aromatic heterocycles. The van der Waals surface area contributed by atoms with Crippen molar-refractivity contribution in [3.8, 4) is 0 Å². The van der Waals surface area contributed by atoms with E-state index in [1.165, 1.54) is 57.8 Å². The van der Waals surface area contributed by atoms with Crippen LogP contribution in [0.4, 0.5) is 0 Å². The molecular weight excluding hydrogens is 268 g/mol. The minimum atomic E-state index is 0.470. The van der Waals surface area contributed by atoms with Gasteiger partial charge in [-0.25, -0.2) is 5.01 Å². The van der Waals surface area contributed by atoms with Crippen molar-refractivity contribution < 1.29 is 0 Å². The van der Waals surface area contributed by atoms with E-state index in [9.17, 15) is 0 Å². The fraction of sp³-hybridized carbons (Fsp3) is 1.00. The first-order valence-corrected chi connectivity index (χ1v) is 9.82. The highest BCUT2D eigenvalue weighted by Gasteiger charge is 2.37. The third-order valence-electron chi connectivity index (χ3n) is 6.46. The van der Waals surface area contributed by atoms with E-state index in [0.717, 1.165) is 17.8 Å². The van der Waals surface area contributed by atoms with Crippen LogP contribution in [0.15, 0.2) is 0 Å². The van der Waals surface area contributed by atoms with E-state index in [1.807, 2.05) is 0 Å². The summed E-state index contributed by atoms with van der Waals surface area (Å²) in [5.74, 6) is 9.21. The topological polar surface area (TPSA) is 29.3 Å². The zero-order valence-corrected chi connectivity index (χ0v) is 15.8. The van der Waals surface area contributed by atoms with Crippen molar-refractivity contribution in [2.75, 3.05) is 0 Å². The molecule has 0 heterocycles. The Kier molecular flexibility index (Phi) is 6.36. The number of hydrogen-bond donors (Lipinski definition) is 1. The van der Waals surface area contributed by atoms with Crippen LogP contribution in [0, 0.1) is 23.2 Å². The third kappa shape index (κ3) is 4.71. The van der Waals surface area contributed by atoms with Crippen LogP contribution in [0.5, 0.6) is 0 Å². The van der Waals surface area contributed by atoms with Gasteiger partial charge in [-0.1, -0.05) is 47.5 Å². The molecule has 2 nitrogen and oxygen atoms in total. The Morgan fingerprint density at radius 2 is 1.64 bits per heavy atom. The van der Waals surface area contributed by atoms with E-state index in [0.29, 0.717) is 17.5 Å². The van der Waals surface area contributed by atoms with E-state index < -0.39 is 0 Å². The predicted octanol–water partition coefficient (Wildman–Crippen LogP) is 5.37. The molecule has 2 fully saturated rings. The number of nitrogens with two attached hydrogens (primary N) is 1. The lowest BCUT2D eigenvalue weighted by molar-refractivity contribution is 0.0493. The number of nitrogens with zero attached hydrogens (tertiary/aromatic N) is 1. The summed E-state index contributed by atoms with van der Waals surface area (Å²) in [6.07, 6.45) is 12.2. The average Bonchev–Trinajstić information content (AvgIpc) is 2.92. The molecule has 2 atom stereocenters. The van der Waals surface area contributed by atoms with Crippen LogP contribution in [-0.2, 0) is 0 Å². The van der Waals surface area contributed by atoms with Crippen molar-refractivity contribution in [1.29, 1.82) is 0 Å². The standard InChI is InChI=1S/C20H40N2/c1-15(2)9-10-16-7-6-8-19(16)22(21)18-13-11-17(12-14-18)20(3,4)5/h15-19H,6-14,21H2,1-5H3. The molecule has 2 heteroatoms.